The van der Waals surface area contributed by atoms with Gasteiger partial charge in [-0.25, -0.2) is 15.0 Å². The lowest BCUT2D eigenvalue weighted by Crippen LogP contribution is -2.01. The molecule has 2 aromatic heterocycles. The quantitative estimate of drug-likeness (QED) is 0.235. The molecule has 0 fully saturated rings. The maximum absolute atomic E-state index is 5.08. The van der Waals surface area contributed by atoms with Crippen LogP contribution in [0.3, 0.4) is 0 Å². The largest absolute Gasteiger partial charge is 0.208 e. The molecule has 0 radical (unpaired) electrons. The molecule has 2 heterocycles. The van der Waals surface area contributed by atoms with Crippen LogP contribution >= 0.6 is 11.3 Å². The molecule has 3 nitrogen and oxygen atoms in total. The molecular weight excluding hydrogens is 494 g/mol. The molecule has 0 amide bonds. The fraction of sp³-hybridized carbons (Fsp3) is 0. The van der Waals surface area contributed by atoms with Crippen LogP contribution in [0, 0.1) is 0 Å². The number of hydrogen-bond donors (Lipinski definition) is 0. The Hall–Kier alpha value is -4.93. The van der Waals surface area contributed by atoms with Gasteiger partial charge in [-0.2, -0.15) is 0 Å². The van der Waals surface area contributed by atoms with E-state index in [-0.39, 0.29) is 0 Å². The van der Waals surface area contributed by atoms with Gasteiger partial charge in [0.2, 0.25) is 0 Å². The molecule has 7 aromatic rings. The summed E-state index contributed by atoms with van der Waals surface area (Å²) in [6.45, 7) is 4.47. The van der Waals surface area contributed by atoms with E-state index >= 15 is 0 Å². The molecule has 0 atom stereocenters. The summed E-state index contributed by atoms with van der Waals surface area (Å²) >= 11 is 1.80. The normalized spacial score (nSPS) is 12.2. The molecule has 0 aliphatic heterocycles. The van der Waals surface area contributed by atoms with Crippen molar-refractivity contribution in [3.8, 4) is 45.3 Å². The number of fused-ring (bicyclic) bond motifs is 6. The van der Waals surface area contributed by atoms with Gasteiger partial charge in [0.05, 0.1) is 0 Å². The van der Waals surface area contributed by atoms with Gasteiger partial charge in [0, 0.05) is 42.4 Å². The maximum Gasteiger partial charge on any atom is 0.164 e. The summed E-state index contributed by atoms with van der Waals surface area (Å²) in [6, 6.07) is 40.0. The molecule has 0 N–H and O–H groups in total. The van der Waals surface area contributed by atoms with Gasteiger partial charge in [0.15, 0.2) is 17.5 Å². The van der Waals surface area contributed by atoms with Crippen molar-refractivity contribution >= 4 is 37.1 Å². The molecule has 182 valence electrons. The van der Waals surface area contributed by atoms with Gasteiger partial charge in [-0.15, -0.1) is 11.3 Å². The number of hydrogen-bond acceptors (Lipinski definition) is 4. The van der Waals surface area contributed by atoms with E-state index in [1.807, 2.05) is 30.3 Å². The third kappa shape index (κ3) is 3.46. The third-order valence-corrected chi connectivity index (χ3v) is 8.59. The molecule has 1 aliphatic rings. The molecule has 39 heavy (non-hydrogen) atoms. The van der Waals surface area contributed by atoms with Crippen LogP contribution in [0.25, 0.3) is 71.0 Å². The molecule has 5 aromatic carbocycles. The molecule has 8 rings (SSSR count). The van der Waals surface area contributed by atoms with Crippen LogP contribution in [-0.4, -0.2) is 15.0 Å². The molecule has 1 aliphatic carbocycles. The van der Waals surface area contributed by atoms with Gasteiger partial charge < -0.3 is 0 Å². The van der Waals surface area contributed by atoms with Crippen LogP contribution in [0.2, 0.25) is 0 Å². The molecule has 0 spiro atoms. The third-order valence-electron chi connectivity index (χ3n) is 7.45. The van der Waals surface area contributed by atoms with E-state index in [2.05, 4.69) is 91.5 Å². The fourth-order valence-corrected chi connectivity index (χ4v) is 6.76. The molecule has 0 unspecified atom stereocenters. The number of rotatable bonds is 3. The van der Waals surface area contributed by atoms with Crippen molar-refractivity contribution in [2.24, 2.45) is 0 Å². The first-order valence-corrected chi connectivity index (χ1v) is 13.7. The van der Waals surface area contributed by atoms with Crippen molar-refractivity contribution in [3.05, 3.63) is 133 Å². The van der Waals surface area contributed by atoms with Crippen molar-refractivity contribution in [1.82, 2.24) is 15.0 Å². The second-order valence-electron chi connectivity index (χ2n) is 9.73. The molecule has 4 heteroatoms. The van der Waals surface area contributed by atoms with E-state index in [0.717, 1.165) is 33.4 Å². The fourth-order valence-electron chi connectivity index (χ4n) is 5.61. The number of thiophene rings is 1. The van der Waals surface area contributed by atoms with Crippen molar-refractivity contribution in [3.63, 3.8) is 0 Å². The number of nitrogens with zero attached hydrogens (tertiary/aromatic N) is 3. The average molecular weight is 516 g/mol. The van der Waals surface area contributed by atoms with Gasteiger partial charge in [0.1, 0.15) is 0 Å². The van der Waals surface area contributed by atoms with Crippen LogP contribution in [0.4, 0.5) is 0 Å². The highest BCUT2D eigenvalue weighted by atomic mass is 32.1. The van der Waals surface area contributed by atoms with Crippen molar-refractivity contribution in [2.75, 3.05) is 0 Å². The second kappa shape index (κ2) is 8.55. The monoisotopic (exact) mass is 515 g/mol. The first-order valence-electron chi connectivity index (χ1n) is 12.9. The lowest BCUT2D eigenvalue weighted by molar-refractivity contribution is 1.07. The maximum atomic E-state index is 5.08. The van der Waals surface area contributed by atoms with Crippen molar-refractivity contribution in [1.29, 1.82) is 0 Å². The Morgan fingerprint density at radius 2 is 1.10 bits per heavy atom. The zero-order valence-corrected chi connectivity index (χ0v) is 21.7. The van der Waals surface area contributed by atoms with E-state index < -0.39 is 0 Å². The van der Waals surface area contributed by atoms with E-state index in [4.69, 9.17) is 15.0 Å². The van der Waals surface area contributed by atoms with Gasteiger partial charge in [-0.3, -0.25) is 0 Å². The summed E-state index contributed by atoms with van der Waals surface area (Å²) in [5, 5.41) is 2.54. The lowest BCUT2D eigenvalue weighted by Gasteiger charge is -2.12. The summed E-state index contributed by atoms with van der Waals surface area (Å²) < 4.78 is 2.50. The Labute approximate surface area is 229 Å². The Morgan fingerprint density at radius 1 is 0.462 bits per heavy atom. The Balaban J connectivity index is 1.35. The predicted molar refractivity (Wildman–Crippen MR) is 163 cm³/mol. The summed E-state index contributed by atoms with van der Waals surface area (Å²) in [7, 11) is 0. The first kappa shape index (κ1) is 22.1. The highest BCUT2D eigenvalue weighted by molar-refractivity contribution is 7.25. The highest BCUT2D eigenvalue weighted by Gasteiger charge is 2.26. The van der Waals surface area contributed by atoms with Gasteiger partial charge in [0.25, 0.3) is 0 Å². The lowest BCUT2D eigenvalue weighted by atomic mass is 9.98. The summed E-state index contributed by atoms with van der Waals surface area (Å²) in [5.41, 5.74) is 8.53. The smallest absolute Gasteiger partial charge is 0.164 e. The molecule has 0 saturated heterocycles. The Kier molecular flexibility index (Phi) is 4.84. The number of benzene rings is 5. The zero-order chi connectivity index (χ0) is 25.9. The van der Waals surface area contributed by atoms with Crippen LogP contribution in [-0.2, 0) is 0 Å². The molecule has 0 bridgehead atoms. The standard InChI is InChI=1S/C35H21N3S/c1-21-24-12-5-6-13-25(24)28-15-9-16-29(32(21)28)35-37-33(22-10-3-2-4-11-22)36-34(38-35)23-18-19-27-26-14-7-8-17-30(26)39-31(27)20-23/h2-20H,1H2. The second-order valence-corrected chi connectivity index (χ2v) is 10.8. The van der Waals surface area contributed by atoms with E-state index in [1.165, 1.54) is 31.3 Å². The summed E-state index contributed by atoms with van der Waals surface area (Å²) in [5.74, 6) is 1.98. The Bertz CT molecular complexity index is 2090. The van der Waals surface area contributed by atoms with Gasteiger partial charge >= 0.3 is 0 Å². The minimum Gasteiger partial charge on any atom is -0.208 e. The van der Waals surface area contributed by atoms with Gasteiger partial charge in [-0.1, -0.05) is 110 Å². The van der Waals surface area contributed by atoms with Gasteiger partial charge in [-0.05, 0) is 34.4 Å². The van der Waals surface area contributed by atoms with E-state index in [1.54, 1.807) is 11.3 Å². The minimum atomic E-state index is 0.654. The minimum absolute atomic E-state index is 0.654. The van der Waals surface area contributed by atoms with Crippen LogP contribution in [0.5, 0.6) is 0 Å². The molecule has 0 saturated carbocycles. The van der Waals surface area contributed by atoms with Crippen molar-refractivity contribution < 1.29 is 0 Å². The van der Waals surface area contributed by atoms with Crippen molar-refractivity contribution in [2.45, 2.75) is 0 Å². The highest BCUT2D eigenvalue weighted by Crippen LogP contribution is 2.47. The first-order chi connectivity index (χ1) is 19.2. The van der Waals surface area contributed by atoms with Crippen LogP contribution < -0.4 is 0 Å². The van der Waals surface area contributed by atoms with Crippen LogP contribution in [0.1, 0.15) is 11.1 Å². The molecular formula is C35H21N3S. The van der Waals surface area contributed by atoms with E-state index in [9.17, 15) is 0 Å². The zero-order valence-electron chi connectivity index (χ0n) is 20.9. The predicted octanol–water partition coefficient (Wildman–Crippen LogP) is 9.28. The SMILES string of the molecule is C=C1c2ccccc2-c2cccc(-c3nc(-c4ccccc4)nc(-c4ccc5c(c4)sc4ccccc45)n3)c21. The van der Waals surface area contributed by atoms with E-state index in [0.29, 0.717) is 17.5 Å². The summed E-state index contributed by atoms with van der Waals surface area (Å²) in [4.78, 5) is 15.1. The van der Waals surface area contributed by atoms with Crippen LogP contribution in [0.15, 0.2) is 122 Å². The topological polar surface area (TPSA) is 38.7 Å². The average Bonchev–Trinajstić information content (AvgIpc) is 3.52. The number of aromatic nitrogens is 3. The summed E-state index contributed by atoms with van der Waals surface area (Å²) in [6.07, 6.45) is 0. The Morgan fingerprint density at radius 3 is 1.97 bits per heavy atom.